The minimum absolute atomic E-state index is 0.313. The van der Waals surface area contributed by atoms with Gasteiger partial charge in [0, 0.05) is 30.4 Å². The molecular formula is C15H18Cl2NO2PTi. The Morgan fingerprint density at radius 1 is 1.09 bits per heavy atom. The van der Waals surface area contributed by atoms with Crippen LogP contribution in [0.4, 0.5) is 5.69 Å². The third-order valence-corrected chi connectivity index (χ3v) is 4.22. The number of anilines is 1. The SMILES string of the molecule is COc1ccc(O)c(Pc2ccccc2N(C)C)c1.[Cl][Ti][Cl]. The summed E-state index contributed by atoms with van der Waals surface area (Å²) in [6, 6.07) is 13.5. The van der Waals surface area contributed by atoms with Crippen molar-refractivity contribution in [3.05, 3.63) is 42.5 Å². The van der Waals surface area contributed by atoms with Crippen LogP contribution in [-0.2, 0) is 17.0 Å². The summed E-state index contributed by atoms with van der Waals surface area (Å²) in [6.45, 7) is 0. The second-order valence-corrected chi connectivity index (χ2v) is 8.40. The maximum atomic E-state index is 9.96. The average molecular weight is 394 g/mol. The number of methoxy groups -OCH3 is 1. The summed E-state index contributed by atoms with van der Waals surface area (Å²) in [5.74, 6) is 1.08. The van der Waals surface area contributed by atoms with Crippen LogP contribution < -0.4 is 20.2 Å². The Kier molecular flexibility index (Phi) is 9.23. The molecule has 0 spiro atoms. The van der Waals surface area contributed by atoms with Crippen molar-refractivity contribution >= 4 is 43.5 Å². The van der Waals surface area contributed by atoms with Crippen LogP contribution in [0.5, 0.6) is 11.5 Å². The number of nitrogens with zero attached hydrogens (tertiary/aromatic N) is 1. The quantitative estimate of drug-likeness (QED) is 0.637. The summed E-state index contributed by atoms with van der Waals surface area (Å²) < 4.78 is 5.21. The summed E-state index contributed by atoms with van der Waals surface area (Å²) in [5, 5.41) is 12.1. The molecule has 7 heteroatoms. The molecule has 2 rings (SSSR count). The van der Waals surface area contributed by atoms with Crippen molar-refractivity contribution in [1.29, 1.82) is 0 Å². The zero-order valence-corrected chi connectivity index (χ0v) is 16.7. The molecule has 22 heavy (non-hydrogen) atoms. The van der Waals surface area contributed by atoms with Crippen molar-refractivity contribution in [2.75, 3.05) is 26.1 Å². The van der Waals surface area contributed by atoms with Gasteiger partial charge in [0.15, 0.2) is 0 Å². The molecule has 0 radical (unpaired) electrons. The fraction of sp³-hybridized carbons (Fsp3) is 0.200. The molecule has 0 amide bonds. The number of phenolic OH excluding ortho intramolecular Hbond substituents is 1. The monoisotopic (exact) mass is 393 g/mol. The summed E-state index contributed by atoms with van der Waals surface area (Å²) in [5.41, 5.74) is 1.17. The first-order chi connectivity index (χ1) is 10.5. The second-order valence-electron chi connectivity index (χ2n) is 4.49. The van der Waals surface area contributed by atoms with Crippen molar-refractivity contribution in [1.82, 2.24) is 0 Å². The van der Waals surface area contributed by atoms with Gasteiger partial charge < -0.3 is 14.7 Å². The van der Waals surface area contributed by atoms with Crippen LogP contribution in [0, 0.1) is 0 Å². The normalized spacial score (nSPS) is 10.0. The van der Waals surface area contributed by atoms with Gasteiger partial charge in [-0.2, -0.15) is 0 Å². The number of aromatic hydroxyl groups is 1. The number of halogens is 2. The van der Waals surface area contributed by atoms with Gasteiger partial charge in [0.25, 0.3) is 0 Å². The van der Waals surface area contributed by atoms with Crippen molar-refractivity contribution in [2.45, 2.75) is 0 Å². The van der Waals surface area contributed by atoms with Gasteiger partial charge in [-0.15, -0.1) is 0 Å². The molecule has 2 aromatic carbocycles. The van der Waals surface area contributed by atoms with E-state index in [9.17, 15) is 5.11 Å². The Morgan fingerprint density at radius 2 is 1.73 bits per heavy atom. The number of para-hydroxylation sites is 1. The van der Waals surface area contributed by atoms with Crippen LogP contribution in [-0.4, -0.2) is 26.3 Å². The Balaban J connectivity index is 0.000000745. The van der Waals surface area contributed by atoms with E-state index in [0.29, 0.717) is 14.3 Å². The molecule has 1 N–H and O–H groups in total. The van der Waals surface area contributed by atoms with E-state index < -0.39 is 17.0 Å². The number of benzene rings is 2. The number of phenols is 1. The Hall–Kier alpha value is -0.436. The van der Waals surface area contributed by atoms with Crippen LogP contribution in [0.25, 0.3) is 0 Å². The first-order valence-electron chi connectivity index (χ1n) is 6.40. The average Bonchev–Trinajstić information content (AvgIpc) is 2.50. The number of hydrogen-bond donors (Lipinski definition) is 1. The van der Waals surface area contributed by atoms with Gasteiger partial charge in [-0.1, -0.05) is 26.8 Å². The van der Waals surface area contributed by atoms with Gasteiger partial charge in [0.2, 0.25) is 0 Å². The molecule has 0 heterocycles. The van der Waals surface area contributed by atoms with Gasteiger partial charge in [0.1, 0.15) is 11.5 Å². The van der Waals surface area contributed by atoms with Crippen molar-refractivity contribution in [3.8, 4) is 11.5 Å². The molecule has 0 aliphatic carbocycles. The molecule has 118 valence electrons. The van der Waals surface area contributed by atoms with Gasteiger partial charge in [-0.25, -0.2) is 0 Å². The predicted octanol–water partition coefficient (Wildman–Crippen LogP) is 3.47. The van der Waals surface area contributed by atoms with Gasteiger partial charge in [0.05, 0.1) is 7.11 Å². The molecule has 3 nitrogen and oxygen atoms in total. The minimum atomic E-state index is -0.556. The third-order valence-electron chi connectivity index (χ3n) is 2.86. The molecule has 0 saturated carbocycles. The summed E-state index contributed by atoms with van der Waals surface area (Å²) in [4.78, 5) is 2.08. The number of hydrogen-bond acceptors (Lipinski definition) is 3. The summed E-state index contributed by atoms with van der Waals surface area (Å²) >= 11 is -0.556. The Bertz CT molecular complexity index is 600. The summed E-state index contributed by atoms with van der Waals surface area (Å²) in [6.07, 6.45) is 0. The standard InChI is InChI=1S/C15H18NO2P.2ClH.Ti/c1-16(2)12-6-4-5-7-14(12)19-15-10-11(18-3)8-9-13(15)17;;;/h4-10,17,19H,1-3H3;2*1H;/q;;;+2/p-2. The van der Waals surface area contributed by atoms with E-state index >= 15 is 0 Å². The fourth-order valence-electron chi connectivity index (χ4n) is 1.86. The molecule has 0 bridgehead atoms. The van der Waals surface area contributed by atoms with E-state index in [2.05, 4.69) is 17.0 Å². The van der Waals surface area contributed by atoms with E-state index in [0.717, 1.165) is 11.1 Å². The predicted molar refractivity (Wildman–Crippen MR) is 94.7 cm³/mol. The Labute approximate surface area is 150 Å². The molecule has 0 aliphatic rings. The molecular weight excluding hydrogens is 376 g/mol. The van der Waals surface area contributed by atoms with Gasteiger partial charge >= 0.3 is 35.6 Å². The molecule has 0 aromatic heterocycles. The van der Waals surface area contributed by atoms with E-state index in [4.69, 9.17) is 23.3 Å². The molecule has 1 atom stereocenters. The molecule has 0 saturated heterocycles. The third kappa shape index (κ3) is 5.99. The van der Waals surface area contributed by atoms with Crippen molar-refractivity contribution in [2.24, 2.45) is 0 Å². The van der Waals surface area contributed by atoms with Gasteiger partial charge in [-0.05, 0) is 24.3 Å². The van der Waals surface area contributed by atoms with Crippen LogP contribution in [0.3, 0.4) is 0 Å². The van der Waals surface area contributed by atoms with Crippen molar-refractivity contribution < 1.29 is 26.9 Å². The first kappa shape index (κ1) is 19.6. The molecule has 0 aliphatic heterocycles. The fourth-order valence-corrected chi connectivity index (χ4v) is 3.19. The van der Waals surface area contributed by atoms with Crippen LogP contribution in [0.2, 0.25) is 0 Å². The van der Waals surface area contributed by atoms with E-state index in [-0.39, 0.29) is 0 Å². The first-order valence-corrected chi connectivity index (χ1v) is 11.7. The number of rotatable bonds is 4. The second kappa shape index (κ2) is 10.4. The van der Waals surface area contributed by atoms with Crippen LogP contribution in [0.15, 0.2) is 42.5 Å². The van der Waals surface area contributed by atoms with Gasteiger partial charge in [-0.3, -0.25) is 0 Å². The van der Waals surface area contributed by atoms with Crippen LogP contribution >= 0.6 is 27.2 Å². The Morgan fingerprint density at radius 3 is 2.32 bits per heavy atom. The summed E-state index contributed by atoms with van der Waals surface area (Å²) in [7, 11) is 15.8. The molecule has 2 aromatic rings. The van der Waals surface area contributed by atoms with Crippen LogP contribution in [0.1, 0.15) is 0 Å². The molecule has 1 unspecified atom stereocenters. The zero-order chi connectivity index (χ0) is 16.5. The molecule has 0 fully saturated rings. The van der Waals surface area contributed by atoms with Crippen molar-refractivity contribution in [3.63, 3.8) is 0 Å². The topological polar surface area (TPSA) is 32.7 Å². The number of ether oxygens (including phenoxy) is 1. The maximum absolute atomic E-state index is 9.96. The zero-order valence-electron chi connectivity index (χ0n) is 12.6. The van der Waals surface area contributed by atoms with E-state index in [1.165, 1.54) is 11.0 Å². The van der Waals surface area contributed by atoms with E-state index in [1.807, 2.05) is 32.3 Å². The van der Waals surface area contributed by atoms with E-state index in [1.54, 1.807) is 19.2 Å².